The average Bonchev–Trinajstić information content (AvgIpc) is 2.59. The van der Waals surface area contributed by atoms with Crippen LogP contribution in [0.1, 0.15) is 34.1 Å². The van der Waals surface area contributed by atoms with Gasteiger partial charge in [0.05, 0.1) is 25.7 Å². The molecule has 0 spiro atoms. The SMILES string of the molecule is CC(C)CC(N)C(=O)NCC(=O)NCC(=O)NC(C(=O)NCC=O)C(C)C. The van der Waals surface area contributed by atoms with Crippen LogP contribution in [-0.4, -0.2) is 61.6 Å². The van der Waals surface area contributed by atoms with E-state index in [9.17, 15) is 24.0 Å². The fraction of sp³-hybridized carbons (Fsp3) is 0.706. The first kappa shape index (κ1) is 24.5. The molecule has 0 aromatic rings. The first-order valence-electron chi connectivity index (χ1n) is 8.89. The average molecular weight is 385 g/mol. The number of carbonyl (C=O) groups excluding carboxylic acids is 5. The molecule has 2 atom stereocenters. The van der Waals surface area contributed by atoms with Gasteiger partial charge >= 0.3 is 0 Å². The molecule has 10 heteroatoms. The third-order valence-corrected chi connectivity index (χ3v) is 3.56. The molecule has 0 radical (unpaired) electrons. The molecule has 0 aromatic heterocycles. The molecule has 2 unspecified atom stereocenters. The van der Waals surface area contributed by atoms with Crippen molar-refractivity contribution in [3.63, 3.8) is 0 Å². The van der Waals surface area contributed by atoms with E-state index in [0.29, 0.717) is 12.7 Å². The van der Waals surface area contributed by atoms with Gasteiger partial charge < -0.3 is 31.8 Å². The highest BCUT2D eigenvalue weighted by Gasteiger charge is 2.24. The van der Waals surface area contributed by atoms with Gasteiger partial charge in [-0.1, -0.05) is 27.7 Å². The third kappa shape index (κ3) is 11.0. The van der Waals surface area contributed by atoms with Crippen LogP contribution >= 0.6 is 0 Å². The van der Waals surface area contributed by atoms with Crippen LogP contribution < -0.4 is 27.0 Å². The van der Waals surface area contributed by atoms with Crippen LogP contribution in [0.25, 0.3) is 0 Å². The summed E-state index contributed by atoms with van der Waals surface area (Å²) in [4.78, 5) is 57.6. The molecule has 0 aliphatic carbocycles. The van der Waals surface area contributed by atoms with Crippen LogP contribution in [0.4, 0.5) is 0 Å². The molecule has 0 fully saturated rings. The van der Waals surface area contributed by atoms with Crippen LogP contribution in [0.3, 0.4) is 0 Å². The standard InChI is InChI=1S/C17H31N5O5/c1-10(2)7-12(18)16(26)21-8-13(24)20-9-14(25)22-15(11(3)4)17(27)19-5-6-23/h6,10-12,15H,5,7-9,18H2,1-4H3,(H,19,27)(H,20,24)(H,21,26)(H,22,25). The number of nitrogens with one attached hydrogen (secondary N) is 4. The van der Waals surface area contributed by atoms with Crippen LogP contribution in [0, 0.1) is 11.8 Å². The summed E-state index contributed by atoms with van der Waals surface area (Å²) in [5.41, 5.74) is 5.71. The fourth-order valence-corrected chi connectivity index (χ4v) is 2.17. The highest BCUT2D eigenvalue weighted by Crippen LogP contribution is 2.02. The van der Waals surface area contributed by atoms with Crippen LogP contribution in [0.2, 0.25) is 0 Å². The van der Waals surface area contributed by atoms with Crippen molar-refractivity contribution in [2.24, 2.45) is 17.6 Å². The van der Waals surface area contributed by atoms with Gasteiger partial charge in [-0.3, -0.25) is 19.2 Å². The minimum atomic E-state index is -0.830. The molecule has 0 heterocycles. The number of carbonyl (C=O) groups is 5. The van der Waals surface area contributed by atoms with E-state index < -0.39 is 35.7 Å². The zero-order valence-electron chi connectivity index (χ0n) is 16.3. The van der Waals surface area contributed by atoms with Gasteiger partial charge in [-0.2, -0.15) is 0 Å². The second-order valence-electron chi connectivity index (χ2n) is 6.93. The number of hydrogen-bond acceptors (Lipinski definition) is 6. The molecular weight excluding hydrogens is 354 g/mol. The molecule has 0 aliphatic rings. The second-order valence-corrected chi connectivity index (χ2v) is 6.93. The number of hydrogen-bond donors (Lipinski definition) is 5. The summed E-state index contributed by atoms with van der Waals surface area (Å²) >= 11 is 0. The lowest BCUT2D eigenvalue weighted by molar-refractivity contribution is -0.131. The molecule has 6 N–H and O–H groups in total. The van der Waals surface area contributed by atoms with Crippen molar-refractivity contribution in [2.75, 3.05) is 19.6 Å². The van der Waals surface area contributed by atoms with E-state index in [1.54, 1.807) is 13.8 Å². The van der Waals surface area contributed by atoms with Gasteiger partial charge in [0.15, 0.2) is 0 Å². The van der Waals surface area contributed by atoms with Crippen molar-refractivity contribution < 1.29 is 24.0 Å². The van der Waals surface area contributed by atoms with E-state index in [0.717, 1.165) is 0 Å². The Morgan fingerprint density at radius 2 is 1.48 bits per heavy atom. The Kier molecular flexibility index (Phi) is 11.6. The number of nitrogens with two attached hydrogens (primary N) is 1. The van der Waals surface area contributed by atoms with Crippen LogP contribution in [0.15, 0.2) is 0 Å². The zero-order valence-corrected chi connectivity index (χ0v) is 16.3. The molecule has 0 aliphatic heterocycles. The predicted octanol–water partition coefficient (Wildman–Crippen LogP) is -1.95. The van der Waals surface area contributed by atoms with E-state index in [-0.39, 0.29) is 31.5 Å². The Labute approximate surface area is 159 Å². The summed E-state index contributed by atoms with van der Waals surface area (Å²) in [6.07, 6.45) is 1.04. The quantitative estimate of drug-likeness (QED) is 0.245. The van der Waals surface area contributed by atoms with Gasteiger partial charge in [0.1, 0.15) is 12.3 Å². The molecule has 27 heavy (non-hydrogen) atoms. The van der Waals surface area contributed by atoms with Gasteiger partial charge in [-0.25, -0.2) is 0 Å². The van der Waals surface area contributed by atoms with Gasteiger partial charge in [0.25, 0.3) is 0 Å². The Hall–Kier alpha value is -2.49. The highest BCUT2D eigenvalue weighted by molar-refractivity contribution is 5.92. The summed E-state index contributed by atoms with van der Waals surface area (Å²) in [6, 6.07) is -1.53. The number of aldehydes is 1. The lowest BCUT2D eigenvalue weighted by Crippen LogP contribution is -2.52. The lowest BCUT2D eigenvalue weighted by atomic mass is 10.0. The third-order valence-electron chi connectivity index (χ3n) is 3.56. The van der Waals surface area contributed by atoms with E-state index in [2.05, 4.69) is 21.3 Å². The Morgan fingerprint density at radius 3 is 2.00 bits per heavy atom. The Bertz CT molecular complexity index is 536. The Morgan fingerprint density at radius 1 is 0.889 bits per heavy atom. The first-order chi connectivity index (χ1) is 12.6. The normalized spacial score (nSPS) is 12.9. The van der Waals surface area contributed by atoms with Gasteiger partial charge in [0.2, 0.25) is 23.6 Å². The largest absolute Gasteiger partial charge is 0.348 e. The van der Waals surface area contributed by atoms with Crippen molar-refractivity contribution in [2.45, 2.75) is 46.2 Å². The Balaban J connectivity index is 4.31. The first-order valence-corrected chi connectivity index (χ1v) is 8.89. The lowest BCUT2D eigenvalue weighted by Gasteiger charge is -2.21. The summed E-state index contributed by atoms with van der Waals surface area (Å²) in [5, 5.41) is 9.62. The maximum Gasteiger partial charge on any atom is 0.243 e. The summed E-state index contributed by atoms with van der Waals surface area (Å²) in [7, 11) is 0. The minimum absolute atomic E-state index is 0.146. The van der Waals surface area contributed by atoms with Crippen molar-refractivity contribution in [3.05, 3.63) is 0 Å². The molecule has 4 amide bonds. The van der Waals surface area contributed by atoms with Gasteiger partial charge in [-0.15, -0.1) is 0 Å². The smallest absolute Gasteiger partial charge is 0.243 e. The van der Waals surface area contributed by atoms with Crippen LogP contribution in [-0.2, 0) is 24.0 Å². The number of amides is 4. The molecule has 0 saturated heterocycles. The van der Waals surface area contributed by atoms with Crippen LogP contribution in [0.5, 0.6) is 0 Å². The van der Waals surface area contributed by atoms with E-state index in [1.165, 1.54) is 0 Å². The van der Waals surface area contributed by atoms with Crippen molar-refractivity contribution in [1.29, 1.82) is 0 Å². The minimum Gasteiger partial charge on any atom is -0.348 e. The van der Waals surface area contributed by atoms with E-state index in [1.807, 2.05) is 13.8 Å². The maximum absolute atomic E-state index is 11.9. The highest BCUT2D eigenvalue weighted by atomic mass is 16.2. The van der Waals surface area contributed by atoms with Crippen molar-refractivity contribution in [1.82, 2.24) is 21.3 Å². The van der Waals surface area contributed by atoms with Gasteiger partial charge in [0, 0.05) is 0 Å². The zero-order chi connectivity index (χ0) is 21.0. The topological polar surface area (TPSA) is 159 Å². The van der Waals surface area contributed by atoms with Crippen molar-refractivity contribution in [3.8, 4) is 0 Å². The van der Waals surface area contributed by atoms with E-state index >= 15 is 0 Å². The summed E-state index contributed by atoms with van der Waals surface area (Å²) < 4.78 is 0. The predicted molar refractivity (Wildman–Crippen MR) is 99.3 cm³/mol. The van der Waals surface area contributed by atoms with E-state index in [4.69, 9.17) is 5.73 Å². The molecule has 0 rings (SSSR count). The monoisotopic (exact) mass is 385 g/mol. The molecular formula is C17H31N5O5. The second kappa shape index (κ2) is 12.8. The molecule has 10 nitrogen and oxygen atoms in total. The summed E-state index contributed by atoms with van der Waals surface area (Å²) in [6.45, 7) is 6.54. The van der Waals surface area contributed by atoms with Crippen molar-refractivity contribution >= 4 is 29.9 Å². The fourth-order valence-electron chi connectivity index (χ4n) is 2.17. The molecule has 0 saturated carbocycles. The molecule has 0 aromatic carbocycles. The van der Waals surface area contributed by atoms with Gasteiger partial charge in [-0.05, 0) is 18.3 Å². The maximum atomic E-state index is 11.9. The molecule has 154 valence electrons. The molecule has 0 bridgehead atoms. The summed E-state index contributed by atoms with van der Waals surface area (Å²) in [5.74, 6) is -2.00. The number of rotatable bonds is 12.